The summed E-state index contributed by atoms with van der Waals surface area (Å²) < 4.78 is 43.0. The van der Waals surface area contributed by atoms with Crippen LogP contribution in [0.4, 0.5) is 0 Å². The molecule has 0 saturated heterocycles. The Kier molecular flexibility index (Phi) is 59.3. The topological polar surface area (TPSA) is 109 Å². The molecule has 7 heteroatoms. The zero-order chi connectivity index (χ0) is 20.2. The molecular formula is C17H10CrO6. The van der Waals surface area contributed by atoms with Gasteiger partial charge in [-0.2, -0.15) is 0 Å². The fraction of sp³-hybridized carbons (Fsp3) is 0.0588. The minimum atomic E-state index is 0.600. The monoisotopic (exact) mass is 362 g/mol. The van der Waals surface area contributed by atoms with Gasteiger partial charge in [0.15, 0.2) is 0 Å². The van der Waals surface area contributed by atoms with Crippen LogP contribution in [0, 0.1) is 45.1 Å². The van der Waals surface area contributed by atoms with Gasteiger partial charge in [-0.15, -0.1) is 0 Å². The van der Waals surface area contributed by atoms with E-state index >= 15 is 0 Å². The molecule has 1 aromatic rings. The third kappa shape index (κ3) is 31.8. The molecule has 0 spiro atoms. The van der Waals surface area contributed by atoms with Gasteiger partial charge in [-0.25, -0.2) is 0 Å². The first-order valence-corrected chi connectivity index (χ1v) is 5.80. The van der Waals surface area contributed by atoms with E-state index in [0.29, 0.717) is 4.57 Å². The Balaban J connectivity index is -0.000000103. The van der Waals surface area contributed by atoms with E-state index < -0.39 is 0 Å². The number of benzene rings is 1. The van der Waals surface area contributed by atoms with Crippen LogP contribution in [0.5, 0.6) is 0 Å². The molecule has 6 nitrogen and oxygen atoms in total. The molecule has 1 aromatic carbocycles. The summed E-state index contributed by atoms with van der Waals surface area (Å²) in [6, 6.07) is 10.0. The average molecular weight is 362 g/mol. The standard InChI is InChI=1S/C12H10O.5CO.Cr/c1-13-11-7-3-6-10-12-8-4-2-5-9-12;5*1-2;/h2,4-6,8-10H,1H3;;;;;;/b10-6+;;;;;;. The zero-order valence-electron chi connectivity index (χ0n) is 12.4. The van der Waals surface area contributed by atoms with Crippen molar-refractivity contribution in [1.29, 1.82) is 0 Å². The van der Waals surface area contributed by atoms with Crippen LogP contribution in [-0.2, 0) is 43.8 Å². The van der Waals surface area contributed by atoms with Crippen molar-refractivity contribution in [3.63, 3.8) is 0 Å². The van der Waals surface area contributed by atoms with Crippen LogP contribution >= 0.6 is 0 Å². The first-order valence-electron chi connectivity index (χ1n) is 5.16. The summed E-state index contributed by atoms with van der Waals surface area (Å²) in [5.41, 5.74) is 1.14. The summed E-state index contributed by atoms with van der Waals surface area (Å²) in [5.74, 6) is 5.67. The van der Waals surface area contributed by atoms with Crippen LogP contribution in [0.1, 0.15) is 5.56 Å². The van der Waals surface area contributed by atoms with Crippen molar-refractivity contribution in [3.8, 4) is 11.8 Å². The number of methoxy groups -OCH3 is 1. The van der Waals surface area contributed by atoms with E-state index in [4.69, 9.17) is 28.0 Å². The van der Waals surface area contributed by atoms with Gasteiger partial charge in [0.2, 0.25) is 0 Å². The van der Waals surface area contributed by atoms with Crippen molar-refractivity contribution in [3.05, 3.63) is 75.2 Å². The van der Waals surface area contributed by atoms with E-state index in [1.165, 1.54) is 0 Å². The summed E-state index contributed by atoms with van der Waals surface area (Å²) in [6.45, 7) is 22.5. The molecule has 0 atom stereocenters. The molecule has 0 aliphatic carbocycles. The van der Waals surface area contributed by atoms with Crippen LogP contribution in [0.25, 0.3) is 6.08 Å². The molecular weight excluding hydrogens is 352 g/mol. The Labute approximate surface area is 149 Å². The Hall–Kier alpha value is -2.42. The number of hydrogen-bond donors (Lipinski definition) is 0. The molecule has 0 aliphatic rings. The van der Waals surface area contributed by atoms with Crippen molar-refractivity contribution in [1.82, 2.24) is 0 Å². The predicted octanol–water partition coefficient (Wildman–Crippen LogP) is 1.84. The fourth-order valence-corrected chi connectivity index (χ4v) is 0.946. The molecule has 0 bridgehead atoms. The number of allylic oxidation sites excluding steroid dienone is 1. The Morgan fingerprint density at radius 1 is 0.917 bits per heavy atom. The van der Waals surface area contributed by atoms with Gasteiger partial charge in [-0.3, -0.25) is 0 Å². The molecule has 0 unspecified atom stereocenters. The zero-order valence-corrected chi connectivity index (χ0v) is 13.7. The third-order valence-electron chi connectivity index (χ3n) is 1.52. The summed E-state index contributed by atoms with van der Waals surface area (Å²) in [5, 5.41) is 0. The van der Waals surface area contributed by atoms with E-state index in [1.54, 1.807) is 13.2 Å². The third-order valence-corrected chi connectivity index (χ3v) is 1.94. The van der Waals surface area contributed by atoms with Crippen molar-refractivity contribution >= 4 is 10.6 Å². The summed E-state index contributed by atoms with van der Waals surface area (Å²) in [7, 11) is 1.58. The van der Waals surface area contributed by atoms with E-state index in [2.05, 4.69) is 60.9 Å². The van der Waals surface area contributed by atoms with Gasteiger partial charge in [-0.05, 0) is 0 Å². The Morgan fingerprint density at radius 3 is 1.71 bits per heavy atom. The van der Waals surface area contributed by atoms with Gasteiger partial charge in [0.25, 0.3) is 0 Å². The van der Waals surface area contributed by atoms with Gasteiger partial charge in [0.1, 0.15) is 0 Å². The van der Waals surface area contributed by atoms with E-state index in [0.717, 1.165) is 5.56 Å². The van der Waals surface area contributed by atoms with Crippen molar-refractivity contribution in [2.24, 2.45) is 0 Å². The molecule has 24 heavy (non-hydrogen) atoms. The molecule has 120 valence electrons. The molecule has 0 amide bonds. The van der Waals surface area contributed by atoms with Gasteiger partial charge >= 0.3 is 149 Å². The molecule has 0 heterocycles. The summed E-state index contributed by atoms with van der Waals surface area (Å²) in [4.78, 5) is 0. The normalized spacial score (nSPS) is 5.96. The average Bonchev–Trinajstić information content (AvgIpc) is 2.73. The van der Waals surface area contributed by atoms with Crippen LogP contribution in [0.2, 0.25) is 0 Å². The Bertz CT molecular complexity index is 548. The molecule has 0 saturated carbocycles. The second-order valence-electron chi connectivity index (χ2n) is 2.50. The van der Waals surface area contributed by atoms with Crippen molar-refractivity contribution in [2.45, 2.75) is 0 Å². The predicted molar refractivity (Wildman–Crippen MR) is 74.9 cm³/mol. The Morgan fingerprint density at radius 2 is 1.33 bits per heavy atom. The van der Waals surface area contributed by atoms with Gasteiger partial charge in [-0.1, -0.05) is 0 Å². The first-order chi connectivity index (χ1) is 11.8. The van der Waals surface area contributed by atoms with Crippen molar-refractivity contribution in [2.75, 3.05) is 7.11 Å². The second-order valence-corrected chi connectivity index (χ2v) is 3.08. The molecule has 1 rings (SSSR count). The van der Waals surface area contributed by atoms with E-state index in [-0.39, 0.29) is 0 Å². The van der Waals surface area contributed by atoms with Gasteiger partial charge in [0, 0.05) is 0 Å². The number of ether oxygens (including phenoxy) is 1. The number of rotatable bonds is 2. The molecule has 0 aromatic heterocycles. The summed E-state index contributed by atoms with van der Waals surface area (Å²) in [6.07, 6.45) is 3.75. The quantitative estimate of drug-likeness (QED) is 0.446. The van der Waals surface area contributed by atoms with E-state index in [1.807, 2.05) is 36.4 Å². The van der Waals surface area contributed by atoms with Crippen LogP contribution < -0.4 is 0 Å². The first kappa shape index (κ1) is 33.3. The van der Waals surface area contributed by atoms with E-state index in [9.17, 15) is 0 Å². The number of hydrogen-bond acceptors (Lipinski definition) is 1. The van der Waals surface area contributed by atoms with Crippen molar-refractivity contribution < 1.29 is 43.8 Å². The molecule has 0 N–H and O–H groups in total. The molecule has 0 fully saturated rings. The minimum absolute atomic E-state index is 0.600. The summed E-state index contributed by atoms with van der Waals surface area (Å²) >= 11 is 2.71. The van der Waals surface area contributed by atoms with Gasteiger partial charge in [0.05, 0.1) is 0 Å². The molecule has 0 radical (unpaired) electrons. The SMILES string of the molecule is CO[C](=[Cr])C#C/C=C/c1ccccc1.[C-]#[O+].[C-]#[O+].[C-]#[O+].[C-]#[O+].[C-]#[O+]. The second kappa shape index (κ2) is 42.8. The van der Waals surface area contributed by atoms with Crippen LogP contribution in [0.3, 0.4) is 0 Å². The molecule has 0 aliphatic heterocycles. The van der Waals surface area contributed by atoms with Crippen LogP contribution in [-0.4, -0.2) is 11.7 Å². The van der Waals surface area contributed by atoms with Crippen LogP contribution in [0.15, 0.2) is 36.4 Å². The maximum atomic E-state index is 7.50. The maximum absolute atomic E-state index is 7.50. The van der Waals surface area contributed by atoms with Gasteiger partial charge < -0.3 is 0 Å². The fourth-order valence-electron chi connectivity index (χ4n) is 0.854.